The summed E-state index contributed by atoms with van der Waals surface area (Å²) in [5, 5.41) is 7.65. The van der Waals surface area contributed by atoms with Crippen LogP contribution in [0.5, 0.6) is 0 Å². The van der Waals surface area contributed by atoms with Crippen molar-refractivity contribution in [2.75, 3.05) is 5.32 Å². The molecule has 2 aromatic rings. The van der Waals surface area contributed by atoms with Crippen molar-refractivity contribution in [1.29, 1.82) is 0 Å². The van der Waals surface area contributed by atoms with Gasteiger partial charge >= 0.3 is 0 Å². The third-order valence-corrected chi connectivity index (χ3v) is 3.28. The topological polar surface area (TPSA) is 29.9 Å². The van der Waals surface area contributed by atoms with Gasteiger partial charge in [-0.2, -0.15) is 5.10 Å². The number of nitrogens with one attached hydrogen (secondary N) is 1. The normalized spacial score (nSPS) is 10.7. The highest BCUT2D eigenvalue weighted by atomic mass is 35.5. The molecule has 1 aromatic heterocycles. The van der Waals surface area contributed by atoms with Crippen LogP contribution in [0, 0.1) is 5.82 Å². The number of nitrogens with zero attached hydrogens (tertiary/aromatic N) is 2. The predicted octanol–water partition coefficient (Wildman–Crippen LogP) is 3.87. The van der Waals surface area contributed by atoms with Crippen LogP contribution in [0.3, 0.4) is 0 Å². The largest absolute Gasteiger partial charge is 0.377 e. The van der Waals surface area contributed by atoms with Gasteiger partial charge in [0.2, 0.25) is 0 Å². The van der Waals surface area contributed by atoms with Crippen LogP contribution in [0.1, 0.15) is 25.2 Å². The molecule has 3 nitrogen and oxygen atoms in total. The van der Waals surface area contributed by atoms with E-state index in [1.54, 1.807) is 12.1 Å². The second-order valence-electron chi connectivity index (χ2n) is 4.25. The molecule has 1 aromatic carbocycles. The lowest BCUT2D eigenvalue weighted by Gasteiger charge is -2.09. The molecule has 0 aliphatic carbocycles. The molecule has 0 aliphatic heterocycles. The van der Waals surface area contributed by atoms with E-state index in [0.29, 0.717) is 12.2 Å². The Kier molecular flexibility index (Phi) is 4.43. The fraction of sp³-hybridized carbons (Fsp3) is 0.357. The van der Waals surface area contributed by atoms with E-state index in [2.05, 4.69) is 17.3 Å². The summed E-state index contributed by atoms with van der Waals surface area (Å²) in [6, 6.07) is 6.98. The highest BCUT2D eigenvalue weighted by Crippen LogP contribution is 2.22. The highest BCUT2D eigenvalue weighted by Gasteiger charge is 2.08. The molecule has 0 spiro atoms. The molecule has 5 heteroatoms. The Morgan fingerprint density at radius 3 is 2.84 bits per heavy atom. The molecule has 2 rings (SSSR count). The van der Waals surface area contributed by atoms with Crippen LogP contribution < -0.4 is 5.32 Å². The van der Waals surface area contributed by atoms with Crippen molar-refractivity contribution < 1.29 is 4.39 Å². The van der Waals surface area contributed by atoms with Gasteiger partial charge in [0, 0.05) is 6.54 Å². The van der Waals surface area contributed by atoms with E-state index < -0.39 is 5.82 Å². The van der Waals surface area contributed by atoms with Crippen LogP contribution >= 0.6 is 11.6 Å². The molecule has 19 heavy (non-hydrogen) atoms. The van der Waals surface area contributed by atoms with Crippen molar-refractivity contribution in [3.63, 3.8) is 0 Å². The number of aromatic nitrogens is 2. The molecule has 0 saturated heterocycles. The van der Waals surface area contributed by atoms with Crippen LogP contribution in [0.2, 0.25) is 5.02 Å². The second kappa shape index (κ2) is 6.06. The van der Waals surface area contributed by atoms with E-state index in [1.807, 2.05) is 17.7 Å². The van der Waals surface area contributed by atoms with Crippen molar-refractivity contribution in [3.05, 3.63) is 46.5 Å². The van der Waals surface area contributed by atoms with Crippen LogP contribution in [-0.2, 0) is 19.5 Å². The van der Waals surface area contributed by atoms with Crippen molar-refractivity contribution in [2.24, 2.45) is 0 Å². The lowest BCUT2D eigenvalue weighted by molar-refractivity contribution is 0.614. The van der Waals surface area contributed by atoms with Crippen LogP contribution in [0.4, 0.5) is 10.1 Å². The standard InChI is InChI=1S/C14H17ClFN3/c1-3-10-8-11(19(4-2)18-10)9-17-13-7-5-6-12(15)14(13)16/h5-8,17H,3-4,9H2,1-2H3. The summed E-state index contributed by atoms with van der Waals surface area (Å²) < 4.78 is 15.7. The summed E-state index contributed by atoms with van der Waals surface area (Å²) in [6.07, 6.45) is 0.894. The number of anilines is 1. The quantitative estimate of drug-likeness (QED) is 0.902. The van der Waals surface area contributed by atoms with Gasteiger partial charge in [-0.3, -0.25) is 4.68 Å². The van der Waals surface area contributed by atoms with Crippen molar-refractivity contribution in [1.82, 2.24) is 9.78 Å². The summed E-state index contributed by atoms with van der Waals surface area (Å²) in [7, 11) is 0. The average molecular weight is 282 g/mol. The molecule has 102 valence electrons. The van der Waals surface area contributed by atoms with Gasteiger partial charge in [-0.15, -0.1) is 0 Å². The molecule has 0 bridgehead atoms. The molecule has 1 N–H and O–H groups in total. The van der Waals surface area contributed by atoms with Crippen LogP contribution in [0.15, 0.2) is 24.3 Å². The first-order chi connectivity index (χ1) is 9.15. The molecular weight excluding hydrogens is 265 g/mol. The van der Waals surface area contributed by atoms with E-state index in [4.69, 9.17) is 11.6 Å². The minimum Gasteiger partial charge on any atom is -0.377 e. The van der Waals surface area contributed by atoms with Gasteiger partial charge in [-0.05, 0) is 31.5 Å². The first-order valence-electron chi connectivity index (χ1n) is 6.39. The van der Waals surface area contributed by atoms with Gasteiger partial charge in [0.15, 0.2) is 5.82 Å². The molecule has 0 amide bonds. The minimum absolute atomic E-state index is 0.128. The van der Waals surface area contributed by atoms with E-state index in [0.717, 1.165) is 24.4 Å². The van der Waals surface area contributed by atoms with E-state index >= 15 is 0 Å². The lowest BCUT2D eigenvalue weighted by atomic mass is 10.2. The van der Waals surface area contributed by atoms with Gasteiger partial charge in [0.25, 0.3) is 0 Å². The Labute approximate surface area is 117 Å². The number of rotatable bonds is 5. The van der Waals surface area contributed by atoms with Gasteiger partial charge < -0.3 is 5.32 Å². The predicted molar refractivity (Wildman–Crippen MR) is 76.0 cm³/mol. The zero-order valence-electron chi connectivity index (χ0n) is 11.1. The molecular formula is C14H17ClFN3. The Morgan fingerprint density at radius 1 is 1.37 bits per heavy atom. The third-order valence-electron chi connectivity index (χ3n) is 2.99. The Balaban J connectivity index is 2.14. The van der Waals surface area contributed by atoms with Gasteiger partial charge in [0.05, 0.1) is 28.6 Å². The fourth-order valence-corrected chi connectivity index (χ4v) is 2.10. The lowest BCUT2D eigenvalue weighted by Crippen LogP contribution is -2.08. The monoisotopic (exact) mass is 281 g/mol. The maximum atomic E-state index is 13.7. The Hall–Kier alpha value is -1.55. The maximum absolute atomic E-state index is 13.7. The van der Waals surface area contributed by atoms with E-state index in [-0.39, 0.29) is 5.02 Å². The summed E-state index contributed by atoms with van der Waals surface area (Å²) in [4.78, 5) is 0. The summed E-state index contributed by atoms with van der Waals surface area (Å²) >= 11 is 5.75. The molecule has 0 unspecified atom stereocenters. The number of hydrogen-bond acceptors (Lipinski definition) is 2. The number of hydrogen-bond donors (Lipinski definition) is 1. The summed E-state index contributed by atoms with van der Waals surface area (Å²) in [5.74, 6) is -0.414. The maximum Gasteiger partial charge on any atom is 0.164 e. The molecule has 0 fully saturated rings. The second-order valence-corrected chi connectivity index (χ2v) is 4.66. The minimum atomic E-state index is -0.414. The molecule has 0 radical (unpaired) electrons. The van der Waals surface area contributed by atoms with E-state index in [9.17, 15) is 4.39 Å². The first kappa shape index (κ1) is 13.9. The van der Waals surface area contributed by atoms with Gasteiger partial charge in [-0.25, -0.2) is 4.39 Å². The summed E-state index contributed by atoms with van der Waals surface area (Å²) in [6.45, 7) is 5.43. The van der Waals surface area contributed by atoms with Gasteiger partial charge in [-0.1, -0.05) is 24.6 Å². The molecule has 0 aliphatic rings. The highest BCUT2D eigenvalue weighted by molar-refractivity contribution is 6.31. The fourth-order valence-electron chi connectivity index (χ4n) is 1.93. The first-order valence-corrected chi connectivity index (χ1v) is 6.77. The number of benzene rings is 1. The number of halogens is 2. The average Bonchev–Trinajstić information content (AvgIpc) is 2.83. The molecule has 0 atom stereocenters. The molecule has 0 saturated carbocycles. The van der Waals surface area contributed by atoms with E-state index in [1.165, 1.54) is 6.07 Å². The SMILES string of the molecule is CCc1cc(CNc2cccc(Cl)c2F)n(CC)n1. The number of aryl methyl sites for hydroxylation is 2. The zero-order chi connectivity index (χ0) is 13.8. The third kappa shape index (κ3) is 3.07. The van der Waals surface area contributed by atoms with Crippen molar-refractivity contribution in [3.8, 4) is 0 Å². The van der Waals surface area contributed by atoms with Crippen molar-refractivity contribution >= 4 is 17.3 Å². The van der Waals surface area contributed by atoms with Gasteiger partial charge in [0.1, 0.15) is 0 Å². The van der Waals surface area contributed by atoms with Crippen LogP contribution in [0.25, 0.3) is 0 Å². The summed E-state index contributed by atoms with van der Waals surface area (Å²) in [5.41, 5.74) is 2.50. The van der Waals surface area contributed by atoms with Crippen molar-refractivity contribution in [2.45, 2.75) is 33.4 Å². The Bertz CT molecular complexity index is 566. The zero-order valence-corrected chi connectivity index (χ0v) is 11.8. The smallest absolute Gasteiger partial charge is 0.164 e. The van der Waals surface area contributed by atoms with Crippen LogP contribution in [-0.4, -0.2) is 9.78 Å². The Morgan fingerprint density at radius 2 is 2.16 bits per heavy atom. The molecule has 1 heterocycles.